The normalized spacial score (nSPS) is 32.2. The summed E-state index contributed by atoms with van der Waals surface area (Å²) in [6, 6.07) is 14.3. The third-order valence-corrected chi connectivity index (χ3v) is 12.0. The van der Waals surface area contributed by atoms with E-state index >= 15 is 0 Å². The van der Waals surface area contributed by atoms with Crippen molar-refractivity contribution >= 4 is 17.8 Å². The van der Waals surface area contributed by atoms with Gasteiger partial charge in [0.1, 0.15) is 18.1 Å². The quantitative estimate of drug-likeness (QED) is 0.315. The molecule has 2 aromatic rings. The molecular formula is C36H42N2O6. The molecule has 2 bridgehead atoms. The van der Waals surface area contributed by atoms with E-state index < -0.39 is 18.0 Å². The van der Waals surface area contributed by atoms with Gasteiger partial charge in [0.25, 0.3) is 0 Å². The molecular weight excluding hydrogens is 556 g/mol. The summed E-state index contributed by atoms with van der Waals surface area (Å²) in [7, 11) is 0. The molecule has 2 aromatic carbocycles. The summed E-state index contributed by atoms with van der Waals surface area (Å²) in [5, 5.41) is 20.2. The van der Waals surface area contributed by atoms with Crippen molar-refractivity contribution in [3.05, 3.63) is 64.9 Å². The summed E-state index contributed by atoms with van der Waals surface area (Å²) in [6.07, 6.45) is 8.66. The van der Waals surface area contributed by atoms with Gasteiger partial charge in [-0.3, -0.25) is 9.59 Å². The molecule has 2 amide bonds. The Hall–Kier alpha value is -3.65. The number of nitrogens with zero attached hydrogens (tertiary/aromatic N) is 1. The molecule has 0 radical (unpaired) electrons. The fourth-order valence-corrected chi connectivity index (χ4v) is 9.55. The zero-order valence-corrected chi connectivity index (χ0v) is 25.6. The van der Waals surface area contributed by atoms with Gasteiger partial charge in [0.2, 0.25) is 11.8 Å². The van der Waals surface area contributed by atoms with E-state index in [1.54, 1.807) is 6.92 Å². The van der Waals surface area contributed by atoms with Crippen LogP contribution in [0.2, 0.25) is 0 Å². The minimum absolute atomic E-state index is 0.00526. The summed E-state index contributed by atoms with van der Waals surface area (Å²) in [4.78, 5) is 38.1. The Balaban J connectivity index is 1.12. The van der Waals surface area contributed by atoms with Crippen LogP contribution in [0, 0.1) is 22.7 Å². The van der Waals surface area contributed by atoms with E-state index in [4.69, 9.17) is 10.5 Å². The highest BCUT2D eigenvalue weighted by Gasteiger charge is 2.60. The van der Waals surface area contributed by atoms with Gasteiger partial charge in [0, 0.05) is 29.4 Å². The standard InChI is InChI=1S/C36H42N2O6/c1-20-26(32(34(42)43)38-31(20)29(21(2)39)33(38)41)19-44-27-9-5-8-25-23(22-6-3-4-7-24(22)30(25)27)10-11-35-12-15-36(16-13-35,17-14-35)18-28(37)40/h3-9,20-21,23,29,31,39H,10-19H2,1-2H3,(H2,37,40)(H,42,43)/t20-,21?,23?,29?,31?,35?,36?/m0/s1. The number of ether oxygens (including phenoxy) is 1. The number of carboxylic acids is 1. The third-order valence-electron chi connectivity index (χ3n) is 12.0. The van der Waals surface area contributed by atoms with Crippen LogP contribution in [0.5, 0.6) is 5.75 Å². The van der Waals surface area contributed by atoms with Crippen molar-refractivity contribution in [3.8, 4) is 16.9 Å². The maximum absolute atomic E-state index is 12.8. The number of nitrogens with two attached hydrogens (primary N) is 1. The number of benzene rings is 2. The largest absolute Gasteiger partial charge is 0.488 e. The highest BCUT2D eigenvalue weighted by atomic mass is 16.5. The van der Waals surface area contributed by atoms with E-state index in [2.05, 4.69) is 30.3 Å². The molecule has 5 atom stereocenters. The van der Waals surface area contributed by atoms with Crippen LogP contribution < -0.4 is 10.5 Å². The van der Waals surface area contributed by atoms with Gasteiger partial charge in [-0.05, 0) is 91.9 Å². The van der Waals surface area contributed by atoms with Crippen molar-refractivity contribution < 1.29 is 29.3 Å². The highest BCUT2D eigenvalue weighted by Crippen LogP contribution is 2.61. The van der Waals surface area contributed by atoms with Gasteiger partial charge in [-0.1, -0.05) is 43.3 Å². The lowest BCUT2D eigenvalue weighted by Gasteiger charge is -2.53. The summed E-state index contributed by atoms with van der Waals surface area (Å²) in [5.41, 5.74) is 11.4. The predicted molar refractivity (Wildman–Crippen MR) is 164 cm³/mol. The lowest BCUT2D eigenvalue weighted by Crippen LogP contribution is -2.63. The zero-order valence-electron chi connectivity index (χ0n) is 25.6. The maximum Gasteiger partial charge on any atom is 0.352 e. The molecule has 6 aliphatic rings. The molecule has 2 heterocycles. The molecule has 0 aromatic heterocycles. The first-order chi connectivity index (χ1) is 21.0. The summed E-state index contributed by atoms with van der Waals surface area (Å²) in [5.74, 6) is -1.51. The van der Waals surface area contributed by atoms with Crippen molar-refractivity contribution in [2.75, 3.05) is 6.61 Å². The van der Waals surface area contributed by atoms with Crippen molar-refractivity contribution in [1.29, 1.82) is 0 Å². The second-order valence-electron chi connectivity index (χ2n) is 14.3. The molecule has 4 unspecified atom stereocenters. The number of carboxylic acid groups (broad SMARTS) is 1. The van der Waals surface area contributed by atoms with Crippen molar-refractivity contribution in [3.63, 3.8) is 0 Å². The number of fused-ring (bicyclic) bond motifs is 7. The highest BCUT2D eigenvalue weighted by molar-refractivity contribution is 6.00. The zero-order chi connectivity index (χ0) is 31.0. The van der Waals surface area contributed by atoms with Crippen LogP contribution in [0.25, 0.3) is 11.1 Å². The number of amides is 2. The SMILES string of the molecule is CC(O)C1C(=O)N2C(C(=O)O)=C(COc3cccc4c3-c3ccccc3C4CCC34CCC(CC(N)=O)(CC3)CC4)[C@H](C)C12. The van der Waals surface area contributed by atoms with Crippen LogP contribution in [0.15, 0.2) is 53.7 Å². The van der Waals surface area contributed by atoms with E-state index in [-0.39, 0.29) is 47.4 Å². The first-order valence-corrected chi connectivity index (χ1v) is 16.2. The van der Waals surface area contributed by atoms with Gasteiger partial charge in [-0.15, -0.1) is 0 Å². The average molecular weight is 599 g/mol. The average Bonchev–Trinajstić information content (AvgIpc) is 3.45. The van der Waals surface area contributed by atoms with Gasteiger partial charge in [0.15, 0.2) is 0 Å². The fourth-order valence-electron chi connectivity index (χ4n) is 9.55. The van der Waals surface area contributed by atoms with Crippen LogP contribution in [0.4, 0.5) is 0 Å². The fraction of sp³-hybridized carbons (Fsp3) is 0.528. The van der Waals surface area contributed by atoms with E-state index in [1.165, 1.54) is 35.3 Å². The molecule has 4 fully saturated rings. The van der Waals surface area contributed by atoms with Gasteiger partial charge in [-0.2, -0.15) is 0 Å². The molecule has 0 spiro atoms. The number of β-lactam (4-membered cyclic amide) rings is 1. The second kappa shape index (κ2) is 10.5. The third kappa shape index (κ3) is 4.39. The maximum atomic E-state index is 12.8. The predicted octanol–water partition coefficient (Wildman–Crippen LogP) is 5.37. The van der Waals surface area contributed by atoms with Gasteiger partial charge < -0.3 is 25.6 Å². The van der Waals surface area contributed by atoms with Crippen LogP contribution in [-0.2, 0) is 14.4 Å². The van der Waals surface area contributed by atoms with E-state index in [0.29, 0.717) is 17.4 Å². The molecule has 4 aliphatic carbocycles. The lowest BCUT2D eigenvalue weighted by atomic mass is 9.51. The smallest absolute Gasteiger partial charge is 0.352 e. The Morgan fingerprint density at radius 2 is 1.68 bits per heavy atom. The number of rotatable bonds is 10. The molecule has 8 rings (SSSR count). The molecule has 8 nitrogen and oxygen atoms in total. The minimum Gasteiger partial charge on any atom is -0.488 e. The Morgan fingerprint density at radius 1 is 1.02 bits per heavy atom. The topological polar surface area (TPSA) is 130 Å². The monoisotopic (exact) mass is 598 g/mol. The molecule has 8 heteroatoms. The lowest BCUT2D eigenvalue weighted by molar-refractivity contribution is -0.163. The van der Waals surface area contributed by atoms with E-state index in [9.17, 15) is 24.6 Å². The molecule has 44 heavy (non-hydrogen) atoms. The summed E-state index contributed by atoms with van der Waals surface area (Å²) < 4.78 is 6.47. The van der Waals surface area contributed by atoms with Gasteiger partial charge >= 0.3 is 5.97 Å². The number of hydrogen-bond donors (Lipinski definition) is 3. The van der Waals surface area contributed by atoms with Crippen LogP contribution >= 0.6 is 0 Å². The number of aliphatic hydroxyl groups is 1. The van der Waals surface area contributed by atoms with Crippen molar-refractivity contribution in [2.24, 2.45) is 28.4 Å². The van der Waals surface area contributed by atoms with Crippen molar-refractivity contribution in [2.45, 2.75) is 89.7 Å². The van der Waals surface area contributed by atoms with Crippen LogP contribution in [0.1, 0.15) is 88.7 Å². The molecule has 4 N–H and O–H groups in total. The van der Waals surface area contributed by atoms with Crippen LogP contribution in [0.3, 0.4) is 0 Å². The Labute approximate surface area is 258 Å². The van der Waals surface area contributed by atoms with E-state index in [0.717, 1.165) is 49.0 Å². The number of aliphatic hydroxyl groups excluding tert-OH is 1. The number of hydrogen-bond acceptors (Lipinski definition) is 5. The molecule has 3 saturated carbocycles. The minimum atomic E-state index is -1.14. The van der Waals surface area contributed by atoms with E-state index in [1.807, 2.05) is 19.1 Å². The molecule has 1 saturated heterocycles. The Bertz CT molecular complexity index is 1550. The van der Waals surface area contributed by atoms with Gasteiger partial charge in [-0.25, -0.2) is 4.79 Å². The van der Waals surface area contributed by atoms with Gasteiger partial charge in [0.05, 0.1) is 18.1 Å². The number of carbonyl (C=O) groups excluding carboxylic acids is 2. The van der Waals surface area contributed by atoms with Crippen molar-refractivity contribution in [1.82, 2.24) is 4.90 Å². The molecule has 232 valence electrons. The number of primary amides is 1. The Kier molecular flexibility index (Phi) is 6.92. The summed E-state index contributed by atoms with van der Waals surface area (Å²) >= 11 is 0. The first-order valence-electron chi connectivity index (χ1n) is 16.2. The van der Waals surface area contributed by atoms with Crippen LogP contribution in [-0.4, -0.2) is 51.6 Å². The Morgan fingerprint density at radius 3 is 2.34 bits per heavy atom. The number of aliphatic carboxylic acids is 1. The first kappa shape index (κ1) is 29.1. The summed E-state index contributed by atoms with van der Waals surface area (Å²) in [6.45, 7) is 3.57. The molecule has 2 aliphatic heterocycles. The number of carbonyl (C=O) groups is 3. The second-order valence-corrected chi connectivity index (χ2v) is 14.3.